The van der Waals surface area contributed by atoms with E-state index in [0.29, 0.717) is 18.8 Å². The van der Waals surface area contributed by atoms with Crippen molar-refractivity contribution < 1.29 is 14.3 Å². The zero-order chi connectivity index (χ0) is 15.2. The van der Waals surface area contributed by atoms with Gasteiger partial charge in [-0.1, -0.05) is 0 Å². The quantitative estimate of drug-likeness (QED) is 0.837. The number of nitrogens with zero attached hydrogens (tertiary/aromatic N) is 1. The lowest BCUT2D eigenvalue weighted by Gasteiger charge is -2.31. The first-order chi connectivity index (χ1) is 10.1. The summed E-state index contributed by atoms with van der Waals surface area (Å²) in [5, 5.41) is 0. The number of carbonyl (C=O) groups excluding carboxylic acids is 2. The van der Waals surface area contributed by atoms with Crippen LogP contribution in [0.3, 0.4) is 0 Å². The standard InChI is InChI=1S/C15H20N2O3S/c1-20-12-4-6-13(7-5-12)21-10-14(18)17-8-2-3-11(9-17)15(16)19/h4-7,11H,2-3,8-10H2,1H3,(H2,16,19). The Hall–Kier alpha value is -1.69. The molecular weight excluding hydrogens is 288 g/mol. The Morgan fingerprint density at radius 1 is 1.38 bits per heavy atom. The molecular formula is C15H20N2O3S. The number of piperidine rings is 1. The van der Waals surface area contributed by atoms with Crippen LogP contribution in [0.5, 0.6) is 5.75 Å². The highest BCUT2D eigenvalue weighted by Crippen LogP contribution is 2.23. The van der Waals surface area contributed by atoms with Gasteiger partial charge >= 0.3 is 0 Å². The smallest absolute Gasteiger partial charge is 0.232 e. The highest BCUT2D eigenvalue weighted by Gasteiger charge is 2.26. The van der Waals surface area contributed by atoms with E-state index in [-0.39, 0.29) is 17.7 Å². The molecule has 0 aromatic heterocycles. The van der Waals surface area contributed by atoms with Crippen LogP contribution in [0, 0.1) is 5.92 Å². The Kier molecular flexibility index (Phi) is 5.50. The molecule has 0 bridgehead atoms. The summed E-state index contributed by atoms with van der Waals surface area (Å²) in [6, 6.07) is 7.60. The van der Waals surface area contributed by atoms with Crippen LogP contribution in [0.4, 0.5) is 0 Å². The Morgan fingerprint density at radius 3 is 2.71 bits per heavy atom. The van der Waals surface area contributed by atoms with Crippen molar-refractivity contribution in [1.29, 1.82) is 0 Å². The lowest BCUT2D eigenvalue weighted by Crippen LogP contribution is -2.44. The minimum atomic E-state index is -0.310. The van der Waals surface area contributed by atoms with Crippen LogP contribution in [0.1, 0.15) is 12.8 Å². The number of likely N-dealkylation sites (tertiary alicyclic amines) is 1. The molecule has 2 amide bonds. The fourth-order valence-electron chi connectivity index (χ4n) is 2.34. The predicted octanol–water partition coefficient (Wildman–Crippen LogP) is 1.51. The molecule has 1 aromatic carbocycles. The third kappa shape index (κ3) is 4.39. The van der Waals surface area contributed by atoms with Crippen LogP contribution in [-0.4, -0.2) is 42.7 Å². The van der Waals surface area contributed by atoms with Gasteiger partial charge < -0.3 is 15.4 Å². The summed E-state index contributed by atoms with van der Waals surface area (Å²) in [6.45, 7) is 1.17. The van der Waals surface area contributed by atoms with Gasteiger partial charge in [-0.3, -0.25) is 9.59 Å². The number of hydrogen-bond donors (Lipinski definition) is 1. The predicted molar refractivity (Wildman–Crippen MR) is 82.2 cm³/mol. The highest BCUT2D eigenvalue weighted by molar-refractivity contribution is 8.00. The molecule has 1 fully saturated rings. The molecule has 1 aliphatic rings. The normalized spacial score (nSPS) is 18.3. The van der Waals surface area contributed by atoms with Gasteiger partial charge in [-0.2, -0.15) is 0 Å². The minimum absolute atomic E-state index is 0.0572. The van der Waals surface area contributed by atoms with Crippen molar-refractivity contribution in [3.63, 3.8) is 0 Å². The van der Waals surface area contributed by atoms with Crippen molar-refractivity contribution in [3.8, 4) is 5.75 Å². The van der Waals surface area contributed by atoms with Crippen molar-refractivity contribution in [3.05, 3.63) is 24.3 Å². The van der Waals surface area contributed by atoms with Gasteiger partial charge in [0.1, 0.15) is 5.75 Å². The van der Waals surface area contributed by atoms with E-state index < -0.39 is 0 Å². The number of nitrogens with two attached hydrogens (primary N) is 1. The minimum Gasteiger partial charge on any atom is -0.497 e. The van der Waals surface area contributed by atoms with Gasteiger partial charge in [-0.25, -0.2) is 0 Å². The number of primary amides is 1. The largest absolute Gasteiger partial charge is 0.497 e. The summed E-state index contributed by atoms with van der Waals surface area (Å²) in [5.41, 5.74) is 5.33. The lowest BCUT2D eigenvalue weighted by atomic mass is 9.97. The van der Waals surface area contributed by atoms with E-state index in [2.05, 4.69) is 0 Å². The number of thioether (sulfide) groups is 1. The van der Waals surface area contributed by atoms with E-state index in [9.17, 15) is 9.59 Å². The van der Waals surface area contributed by atoms with Crippen molar-refractivity contribution in [2.75, 3.05) is 26.0 Å². The maximum absolute atomic E-state index is 12.2. The second kappa shape index (κ2) is 7.36. The molecule has 0 saturated carbocycles. The van der Waals surface area contributed by atoms with E-state index in [4.69, 9.17) is 10.5 Å². The van der Waals surface area contributed by atoms with Crippen LogP contribution >= 0.6 is 11.8 Å². The number of carbonyl (C=O) groups is 2. The molecule has 1 saturated heterocycles. The maximum atomic E-state index is 12.2. The average Bonchev–Trinajstić information content (AvgIpc) is 2.53. The van der Waals surface area contributed by atoms with Gasteiger partial charge in [0.15, 0.2) is 0 Å². The number of hydrogen-bond acceptors (Lipinski definition) is 4. The molecule has 1 heterocycles. The molecule has 0 radical (unpaired) electrons. The Morgan fingerprint density at radius 2 is 2.10 bits per heavy atom. The molecule has 1 aliphatic heterocycles. The molecule has 2 rings (SSSR count). The fourth-order valence-corrected chi connectivity index (χ4v) is 3.15. The first-order valence-corrected chi connectivity index (χ1v) is 7.92. The molecule has 5 nitrogen and oxygen atoms in total. The van der Waals surface area contributed by atoms with Gasteiger partial charge in [-0.05, 0) is 37.1 Å². The third-order valence-electron chi connectivity index (χ3n) is 3.60. The summed E-state index contributed by atoms with van der Waals surface area (Å²) >= 11 is 1.49. The summed E-state index contributed by atoms with van der Waals surface area (Å²) in [4.78, 5) is 26.2. The highest BCUT2D eigenvalue weighted by atomic mass is 32.2. The Bertz CT molecular complexity index is 504. The van der Waals surface area contributed by atoms with Crippen molar-refractivity contribution in [1.82, 2.24) is 4.90 Å². The molecule has 114 valence electrons. The molecule has 2 N–H and O–H groups in total. The van der Waals surface area contributed by atoms with Gasteiger partial charge in [0, 0.05) is 18.0 Å². The number of rotatable bonds is 5. The van der Waals surface area contributed by atoms with E-state index in [1.54, 1.807) is 12.0 Å². The zero-order valence-electron chi connectivity index (χ0n) is 12.1. The second-order valence-corrected chi connectivity index (χ2v) is 6.09. The van der Waals surface area contributed by atoms with Crippen LogP contribution in [-0.2, 0) is 9.59 Å². The van der Waals surface area contributed by atoms with E-state index >= 15 is 0 Å². The molecule has 1 aromatic rings. The summed E-state index contributed by atoms with van der Waals surface area (Å²) in [6.07, 6.45) is 1.62. The monoisotopic (exact) mass is 308 g/mol. The van der Waals surface area contributed by atoms with Crippen molar-refractivity contribution in [2.24, 2.45) is 11.7 Å². The molecule has 1 unspecified atom stereocenters. The maximum Gasteiger partial charge on any atom is 0.232 e. The van der Waals surface area contributed by atoms with Gasteiger partial charge in [0.25, 0.3) is 0 Å². The summed E-state index contributed by atoms with van der Waals surface area (Å²) in [7, 11) is 1.62. The van der Waals surface area contributed by atoms with Crippen molar-refractivity contribution in [2.45, 2.75) is 17.7 Å². The Labute approximate surface area is 128 Å². The Balaban J connectivity index is 1.84. The third-order valence-corrected chi connectivity index (χ3v) is 4.59. The summed E-state index contributed by atoms with van der Waals surface area (Å²) < 4.78 is 5.10. The van der Waals surface area contributed by atoms with Crippen LogP contribution in [0.2, 0.25) is 0 Å². The number of amides is 2. The molecule has 1 atom stereocenters. The first-order valence-electron chi connectivity index (χ1n) is 6.94. The molecule has 21 heavy (non-hydrogen) atoms. The number of methoxy groups -OCH3 is 1. The topological polar surface area (TPSA) is 72.6 Å². The molecule has 6 heteroatoms. The van der Waals surface area contributed by atoms with E-state index in [1.807, 2.05) is 24.3 Å². The SMILES string of the molecule is COc1ccc(SCC(=O)N2CCCC(C(N)=O)C2)cc1. The van der Waals surface area contributed by atoms with Crippen LogP contribution in [0.25, 0.3) is 0 Å². The fraction of sp³-hybridized carbons (Fsp3) is 0.467. The van der Waals surface area contributed by atoms with Crippen LogP contribution < -0.4 is 10.5 Å². The first kappa shape index (κ1) is 15.7. The van der Waals surface area contributed by atoms with Gasteiger partial charge in [0.05, 0.1) is 18.8 Å². The van der Waals surface area contributed by atoms with Crippen molar-refractivity contribution >= 4 is 23.6 Å². The van der Waals surface area contributed by atoms with E-state index in [1.165, 1.54) is 11.8 Å². The summed E-state index contributed by atoms with van der Waals surface area (Å²) in [5.74, 6) is 0.717. The van der Waals surface area contributed by atoms with Gasteiger partial charge in [-0.15, -0.1) is 11.8 Å². The molecule has 0 spiro atoms. The molecule has 0 aliphatic carbocycles. The lowest BCUT2D eigenvalue weighted by molar-refractivity contribution is -0.132. The zero-order valence-corrected chi connectivity index (χ0v) is 12.9. The second-order valence-electron chi connectivity index (χ2n) is 5.05. The number of ether oxygens (including phenoxy) is 1. The van der Waals surface area contributed by atoms with Crippen LogP contribution in [0.15, 0.2) is 29.2 Å². The number of benzene rings is 1. The average molecular weight is 308 g/mol. The van der Waals surface area contributed by atoms with E-state index in [0.717, 1.165) is 23.5 Å². The van der Waals surface area contributed by atoms with Gasteiger partial charge in [0.2, 0.25) is 11.8 Å².